The predicted molar refractivity (Wildman–Crippen MR) is 77.3 cm³/mol. The van der Waals surface area contributed by atoms with E-state index in [1.54, 1.807) is 7.11 Å². The molecule has 2 rings (SSSR count). The first-order valence-electron chi connectivity index (χ1n) is 6.70. The van der Waals surface area contributed by atoms with Crippen molar-refractivity contribution in [2.24, 2.45) is 0 Å². The summed E-state index contributed by atoms with van der Waals surface area (Å²) in [7, 11) is 1.75. The van der Waals surface area contributed by atoms with Gasteiger partial charge in [-0.15, -0.1) is 0 Å². The van der Waals surface area contributed by atoms with Crippen molar-refractivity contribution in [1.82, 2.24) is 5.32 Å². The standard InChI is InChI=1S/C16H23NO/c1-11-10-15(12(2)13(3)16(11)18-4)14-6-5-8-17-9-7-14/h6,10,17H,5,7-9H2,1-4H3. The number of aryl methyl sites for hydroxylation is 1. The van der Waals surface area contributed by atoms with E-state index < -0.39 is 0 Å². The first kappa shape index (κ1) is 13.2. The Morgan fingerprint density at radius 1 is 1.11 bits per heavy atom. The third-order valence-electron chi connectivity index (χ3n) is 3.86. The van der Waals surface area contributed by atoms with Crippen molar-refractivity contribution in [3.8, 4) is 5.75 Å². The molecular formula is C16H23NO. The number of ether oxygens (including phenoxy) is 1. The molecule has 1 aliphatic rings. The zero-order valence-corrected chi connectivity index (χ0v) is 11.9. The van der Waals surface area contributed by atoms with Crippen molar-refractivity contribution in [2.75, 3.05) is 20.2 Å². The van der Waals surface area contributed by atoms with Gasteiger partial charge < -0.3 is 10.1 Å². The zero-order valence-electron chi connectivity index (χ0n) is 11.9. The maximum Gasteiger partial charge on any atom is 0.124 e. The van der Waals surface area contributed by atoms with Gasteiger partial charge in [0.05, 0.1) is 7.11 Å². The first-order chi connectivity index (χ1) is 8.65. The molecule has 1 heterocycles. The fourth-order valence-electron chi connectivity index (χ4n) is 2.75. The largest absolute Gasteiger partial charge is 0.496 e. The Morgan fingerprint density at radius 2 is 1.89 bits per heavy atom. The molecule has 0 aliphatic carbocycles. The van der Waals surface area contributed by atoms with E-state index in [1.165, 1.54) is 27.8 Å². The Kier molecular flexibility index (Phi) is 4.07. The van der Waals surface area contributed by atoms with Gasteiger partial charge in [0.25, 0.3) is 0 Å². The molecule has 0 radical (unpaired) electrons. The normalized spacial score (nSPS) is 16.1. The molecule has 0 aromatic heterocycles. The van der Waals surface area contributed by atoms with Crippen LogP contribution in [-0.4, -0.2) is 20.2 Å². The van der Waals surface area contributed by atoms with Crippen LogP contribution in [0.4, 0.5) is 0 Å². The Balaban J connectivity index is 2.48. The molecule has 0 spiro atoms. The SMILES string of the molecule is COc1c(C)cc(C2=CCCNCC2)c(C)c1C. The van der Waals surface area contributed by atoms with Gasteiger partial charge in [-0.2, -0.15) is 0 Å². The number of methoxy groups -OCH3 is 1. The highest BCUT2D eigenvalue weighted by atomic mass is 16.5. The van der Waals surface area contributed by atoms with Gasteiger partial charge in [0.1, 0.15) is 5.75 Å². The Hall–Kier alpha value is -1.28. The van der Waals surface area contributed by atoms with E-state index in [4.69, 9.17) is 4.74 Å². The predicted octanol–water partition coefficient (Wildman–Crippen LogP) is 3.39. The van der Waals surface area contributed by atoms with E-state index in [0.29, 0.717) is 0 Å². The van der Waals surface area contributed by atoms with Crippen LogP contribution in [0.3, 0.4) is 0 Å². The van der Waals surface area contributed by atoms with Crippen LogP contribution in [0.2, 0.25) is 0 Å². The molecule has 0 atom stereocenters. The average Bonchev–Trinajstić information content (AvgIpc) is 2.63. The van der Waals surface area contributed by atoms with Gasteiger partial charge >= 0.3 is 0 Å². The maximum atomic E-state index is 5.49. The first-order valence-corrected chi connectivity index (χ1v) is 6.70. The van der Waals surface area contributed by atoms with E-state index in [-0.39, 0.29) is 0 Å². The van der Waals surface area contributed by atoms with Gasteiger partial charge in [0.15, 0.2) is 0 Å². The third-order valence-corrected chi connectivity index (χ3v) is 3.86. The highest BCUT2D eigenvalue weighted by molar-refractivity contribution is 5.72. The lowest BCUT2D eigenvalue weighted by atomic mass is 9.92. The lowest BCUT2D eigenvalue weighted by molar-refractivity contribution is 0.408. The zero-order chi connectivity index (χ0) is 13.1. The molecule has 1 aromatic rings. The Morgan fingerprint density at radius 3 is 2.61 bits per heavy atom. The van der Waals surface area contributed by atoms with Crippen molar-refractivity contribution < 1.29 is 4.74 Å². The monoisotopic (exact) mass is 245 g/mol. The van der Waals surface area contributed by atoms with E-state index in [2.05, 4.69) is 38.2 Å². The average molecular weight is 245 g/mol. The van der Waals surface area contributed by atoms with Crippen LogP contribution in [0.25, 0.3) is 5.57 Å². The number of hydrogen-bond acceptors (Lipinski definition) is 2. The van der Waals surface area contributed by atoms with Crippen LogP contribution in [0.5, 0.6) is 5.75 Å². The fourth-order valence-corrected chi connectivity index (χ4v) is 2.75. The Labute approximate surface area is 110 Å². The minimum absolute atomic E-state index is 1.03. The van der Waals surface area contributed by atoms with Crippen molar-refractivity contribution in [2.45, 2.75) is 33.6 Å². The van der Waals surface area contributed by atoms with Crippen LogP contribution in [-0.2, 0) is 0 Å². The second-order valence-electron chi connectivity index (χ2n) is 5.04. The molecule has 1 N–H and O–H groups in total. The van der Waals surface area contributed by atoms with Crippen molar-refractivity contribution in [1.29, 1.82) is 0 Å². The van der Waals surface area contributed by atoms with E-state index >= 15 is 0 Å². The summed E-state index contributed by atoms with van der Waals surface area (Å²) in [4.78, 5) is 0. The minimum atomic E-state index is 1.03. The van der Waals surface area contributed by atoms with Gasteiger partial charge in [-0.3, -0.25) is 0 Å². The summed E-state index contributed by atoms with van der Waals surface area (Å²) in [6.45, 7) is 8.66. The van der Waals surface area contributed by atoms with Gasteiger partial charge in [0, 0.05) is 0 Å². The smallest absolute Gasteiger partial charge is 0.124 e. The van der Waals surface area contributed by atoms with Gasteiger partial charge in [0.2, 0.25) is 0 Å². The summed E-state index contributed by atoms with van der Waals surface area (Å²) in [6.07, 6.45) is 4.62. The number of nitrogens with one attached hydrogen (secondary N) is 1. The summed E-state index contributed by atoms with van der Waals surface area (Å²) >= 11 is 0. The topological polar surface area (TPSA) is 21.3 Å². The van der Waals surface area contributed by atoms with Crippen LogP contribution in [0, 0.1) is 20.8 Å². The molecule has 0 bridgehead atoms. The quantitative estimate of drug-likeness (QED) is 0.862. The molecular weight excluding hydrogens is 222 g/mol. The molecule has 2 heteroatoms. The second kappa shape index (κ2) is 5.57. The summed E-state index contributed by atoms with van der Waals surface area (Å²) in [5, 5.41) is 3.44. The van der Waals surface area contributed by atoms with E-state index in [0.717, 1.165) is 31.7 Å². The van der Waals surface area contributed by atoms with Crippen LogP contribution < -0.4 is 10.1 Å². The molecule has 98 valence electrons. The van der Waals surface area contributed by atoms with Gasteiger partial charge in [-0.1, -0.05) is 6.08 Å². The Bertz CT molecular complexity index is 474. The third kappa shape index (κ3) is 2.44. The molecule has 0 unspecified atom stereocenters. The molecule has 1 aromatic carbocycles. The van der Waals surface area contributed by atoms with Crippen LogP contribution in [0.1, 0.15) is 35.1 Å². The molecule has 2 nitrogen and oxygen atoms in total. The molecule has 0 amide bonds. The summed E-state index contributed by atoms with van der Waals surface area (Å²) in [6, 6.07) is 2.28. The lowest BCUT2D eigenvalue weighted by Crippen LogP contribution is -2.14. The molecule has 1 aliphatic heterocycles. The summed E-state index contributed by atoms with van der Waals surface area (Å²) in [5.41, 5.74) is 6.73. The highest BCUT2D eigenvalue weighted by Gasteiger charge is 2.14. The van der Waals surface area contributed by atoms with Gasteiger partial charge in [-0.25, -0.2) is 0 Å². The van der Waals surface area contributed by atoms with E-state index in [9.17, 15) is 0 Å². The molecule has 0 fully saturated rings. The summed E-state index contributed by atoms with van der Waals surface area (Å²) in [5.74, 6) is 1.03. The lowest BCUT2D eigenvalue weighted by Gasteiger charge is -2.17. The number of hydrogen-bond donors (Lipinski definition) is 1. The second-order valence-corrected chi connectivity index (χ2v) is 5.04. The van der Waals surface area contributed by atoms with Crippen molar-refractivity contribution in [3.05, 3.63) is 34.4 Å². The highest BCUT2D eigenvalue weighted by Crippen LogP contribution is 2.33. The summed E-state index contributed by atoms with van der Waals surface area (Å²) < 4.78 is 5.49. The molecule has 0 saturated heterocycles. The number of rotatable bonds is 2. The fraction of sp³-hybridized carbons (Fsp3) is 0.500. The van der Waals surface area contributed by atoms with Crippen LogP contribution in [0.15, 0.2) is 12.1 Å². The van der Waals surface area contributed by atoms with Gasteiger partial charge in [-0.05, 0) is 80.6 Å². The number of benzene rings is 1. The van der Waals surface area contributed by atoms with Crippen molar-refractivity contribution in [3.63, 3.8) is 0 Å². The van der Waals surface area contributed by atoms with Crippen LogP contribution >= 0.6 is 0 Å². The van der Waals surface area contributed by atoms with E-state index in [1.807, 2.05) is 0 Å². The molecule has 18 heavy (non-hydrogen) atoms. The molecule has 0 saturated carbocycles. The van der Waals surface area contributed by atoms with Crippen molar-refractivity contribution >= 4 is 5.57 Å². The maximum absolute atomic E-state index is 5.49. The minimum Gasteiger partial charge on any atom is -0.496 e.